The average Bonchev–Trinajstić information content (AvgIpc) is 3.15. The van der Waals surface area contributed by atoms with E-state index in [1.165, 1.54) is 12.1 Å². The lowest BCUT2D eigenvalue weighted by molar-refractivity contribution is -0.384. The molecule has 1 aliphatic carbocycles. The SMILES string of the molecule is O=[N+]([O-])c1ccc2nc(-c3ccccc3)c(C3C=CC=C3)nc2c1. The van der Waals surface area contributed by atoms with E-state index in [4.69, 9.17) is 9.97 Å². The van der Waals surface area contributed by atoms with Crippen molar-refractivity contribution in [3.8, 4) is 11.3 Å². The van der Waals surface area contributed by atoms with E-state index in [1.54, 1.807) is 6.07 Å². The maximum absolute atomic E-state index is 11.0. The van der Waals surface area contributed by atoms with E-state index in [1.807, 2.05) is 54.6 Å². The van der Waals surface area contributed by atoms with Crippen molar-refractivity contribution in [2.24, 2.45) is 0 Å². The van der Waals surface area contributed by atoms with Crippen LogP contribution in [0, 0.1) is 10.1 Å². The first kappa shape index (κ1) is 14.3. The van der Waals surface area contributed by atoms with Crippen molar-refractivity contribution in [3.63, 3.8) is 0 Å². The maximum Gasteiger partial charge on any atom is 0.271 e. The van der Waals surface area contributed by atoms with Crippen LogP contribution in [0.4, 0.5) is 5.69 Å². The number of benzene rings is 2. The molecule has 1 aromatic heterocycles. The lowest BCUT2D eigenvalue weighted by atomic mass is 10.00. The predicted octanol–water partition coefficient (Wildman–Crippen LogP) is 4.41. The largest absolute Gasteiger partial charge is 0.271 e. The maximum atomic E-state index is 11.0. The van der Waals surface area contributed by atoms with Crippen molar-refractivity contribution in [3.05, 3.63) is 88.6 Å². The van der Waals surface area contributed by atoms with E-state index in [-0.39, 0.29) is 11.6 Å². The number of rotatable bonds is 3. The van der Waals surface area contributed by atoms with E-state index >= 15 is 0 Å². The zero-order valence-corrected chi connectivity index (χ0v) is 12.7. The van der Waals surface area contributed by atoms with Crippen LogP contribution >= 0.6 is 0 Å². The number of allylic oxidation sites excluding steroid dienone is 4. The van der Waals surface area contributed by atoms with Gasteiger partial charge in [-0.05, 0) is 6.07 Å². The summed E-state index contributed by atoms with van der Waals surface area (Å²) in [5.74, 6) is 0.0244. The summed E-state index contributed by atoms with van der Waals surface area (Å²) in [5.41, 5.74) is 3.79. The number of fused-ring (bicyclic) bond motifs is 1. The van der Waals surface area contributed by atoms with Crippen molar-refractivity contribution >= 4 is 16.7 Å². The molecule has 0 bridgehead atoms. The first-order chi connectivity index (χ1) is 11.7. The summed E-state index contributed by atoms with van der Waals surface area (Å²) in [7, 11) is 0. The van der Waals surface area contributed by atoms with Crippen LogP contribution < -0.4 is 0 Å². The number of hydrogen-bond acceptors (Lipinski definition) is 4. The highest BCUT2D eigenvalue weighted by Gasteiger charge is 2.19. The number of non-ortho nitro benzene ring substituents is 1. The fraction of sp³-hybridized carbons (Fsp3) is 0.0526. The Hall–Kier alpha value is -3.34. The number of hydrogen-bond donors (Lipinski definition) is 0. The van der Waals surface area contributed by atoms with E-state index in [0.717, 1.165) is 17.0 Å². The van der Waals surface area contributed by atoms with Gasteiger partial charge in [-0.1, -0.05) is 54.6 Å². The molecule has 0 unspecified atom stereocenters. The van der Waals surface area contributed by atoms with Crippen molar-refractivity contribution < 1.29 is 4.92 Å². The minimum atomic E-state index is -0.415. The number of nitro groups is 1. The van der Waals surface area contributed by atoms with Crippen LogP contribution in [0.3, 0.4) is 0 Å². The molecule has 5 nitrogen and oxygen atoms in total. The Labute approximate surface area is 138 Å². The summed E-state index contributed by atoms with van der Waals surface area (Å²) >= 11 is 0. The van der Waals surface area contributed by atoms with Gasteiger partial charge in [0.2, 0.25) is 0 Å². The Morgan fingerprint density at radius 3 is 2.38 bits per heavy atom. The average molecular weight is 315 g/mol. The molecule has 116 valence electrons. The molecule has 24 heavy (non-hydrogen) atoms. The lowest BCUT2D eigenvalue weighted by Gasteiger charge is -2.13. The number of aromatic nitrogens is 2. The number of nitrogens with zero attached hydrogens (tertiary/aromatic N) is 3. The van der Waals surface area contributed by atoms with Gasteiger partial charge in [-0.2, -0.15) is 0 Å². The highest BCUT2D eigenvalue weighted by atomic mass is 16.6. The Morgan fingerprint density at radius 1 is 0.917 bits per heavy atom. The fourth-order valence-corrected chi connectivity index (χ4v) is 2.82. The summed E-state index contributed by atoms with van der Waals surface area (Å²) in [5, 5.41) is 11.0. The smallest absolute Gasteiger partial charge is 0.258 e. The van der Waals surface area contributed by atoms with E-state index < -0.39 is 4.92 Å². The standard InChI is InChI=1S/C19H13N3O2/c23-22(24)15-10-11-16-17(12-15)21-19(14-8-4-5-9-14)18(20-16)13-6-2-1-3-7-13/h1-12,14H. The molecule has 0 N–H and O–H groups in total. The summed E-state index contributed by atoms with van der Waals surface area (Å²) in [6, 6.07) is 14.4. The van der Waals surface area contributed by atoms with Gasteiger partial charge < -0.3 is 0 Å². The second-order valence-corrected chi connectivity index (χ2v) is 5.55. The van der Waals surface area contributed by atoms with Gasteiger partial charge in [0.05, 0.1) is 27.3 Å². The van der Waals surface area contributed by atoms with Crippen molar-refractivity contribution in [2.75, 3.05) is 0 Å². The van der Waals surface area contributed by atoms with Crippen LogP contribution in [0.25, 0.3) is 22.3 Å². The molecular formula is C19H13N3O2. The molecular weight excluding hydrogens is 302 g/mol. The molecule has 4 rings (SSSR count). The predicted molar refractivity (Wildman–Crippen MR) is 92.6 cm³/mol. The third-order valence-corrected chi connectivity index (χ3v) is 4.00. The van der Waals surface area contributed by atoms with Gasteiger partial charge in [0.25, 0.3) is 5.69 Å². The summed E-state index contributed by atoms with van der Waals surface area (Å²) in [4.78, 5) is 20.0. The molecule has 0 fully saturated rings. The molecule has 0 radical (unpaired) electrons. The van der Waals surface area contributed by atoms with Crippen LogP contribution in [0.1, 0.15) is 11.6 Å². The minimum absolute atomic E-state index is 0.0210. The minimum Gasteiger partial charge on any atom is -0.258 e. The normalized spacial score (nSPS) is 13.7. The van der Waals surface area contributed by atoms with E-state index in [9.17, 15) is 10.1 Å². The molecule has 0 spiro atoms. The zero-order chi connectivity index (χ0) is 16.5. The lowest BCUT2D eigenvalue weighted by Crippen LogP contribution is -2.02. The van der Waals surface area contributed by atoms with Crippen molar-refractivity contribution in [2.45, 2.75) is 5.92 Å². The molecule has 0 amide bonds. The molecule has 1 aliphatic rings. The van der Waals surface area contributed by atoms with Gasteiger partial charge in [0, 0.05) is 23.6 Å². The summed E-state index contributed by atoms with van der Waals surface area (Å²) < 4.78 is 0. The van der Waals surface area contributed by atoms with Crippen LogP contribution in [0.5, 0.6) is 0 Å². The Bertz CT molecular complexity index is 982. The van der Waals surface area contributed by atoms with Gasteiger partial charge in [-0.25, -0.2) is 9.97 Å². The number of nitro benzene ring substituents is 1. The topological polar surface area (TPSA) is 68.9 Å². The van der Waals surface area contributed by atoms with E-state index in [2.05, 4.69) is 0 Å². The van der Waals surface area contributed by atoms with Gasteiger partial charge in [0.15, 0.2) is 0 Å². The molecule has 3 aromatic rings. The second kappa shape index (κ2) is 5.70. The van der Waals surface area contributed by atoms with Gasteiger partial charge in [-0.3, -0.25) is 10.1 Å². The van der Waals surface area contributed by atoms with Gasteiger partial charge >= 0.3 is 0 Å². The van der Waals surface area contributed by atoms with Crippen LogP contribution in [-0.2, 0) is 0 Å². The van der Waals surface area contributed by atoms with Crippen molar-refractivity contribution in [1.82, 2.24) is 9.97 Å². The molecule has 2 aromatic carbocycles. The molecule has 0 aliphatic heterocycles. The second-order valence-electron chi connectivity index (χ2n) is 5.55. The molecule has 0 atom stereocenters. The highest BCUT2D eigenvalue weighted by Crippen LogP contribution is 2.32. The fourth-order valence-electron chi connectivity index (χ4n) is 2.82. The monoisotopic (exact) mass is 315 g/mol. The quantitative estimate of drug-likeness (QED) is 0.530. The van der Waals surface area contributed by atoms with Crippen molar-refractivity contribution in [1.29, 1.82) is 0 Å². The summed E-state index contributed by atoms with van der Waals surface area (Å²) in [6.07, 6.45) is 8.02. The Kier molecular flexibility index (Phi) is 3.39. The summed E-state index contributed by atoms with van der Waals surface area (Å²) in [6.45, 7) is 0. The van der Waals surface area contributed by atoms with Crippen LogP contribution in [0.2, 0.25) is 0 Å². The highest BCUT2D eigenvalue weighted by molar-refractivity contribution is 5.81. The third-order valence-electron chi connectivity index (χ3n) is 4.00. The van der Waals surface area contributed by atoms with Crippen LogP contribution in [-0.4, -0.2) is 14.9 Å². The molecule has 0 saturated carbocycles. The zero-order valence-electron chi connectivity index (χ0n) is 12.7. The first-order valence-corrected chi connectivity index (χ1v) is 7.59. The molecule has 5 heteroatoms. The van der Waals surface area contributed by atoms with E-state index in [0.29, 0.717) is 11.0 Å². The Morgan fingerprint density at radius 2 is 1.67 bits per heavy atom. The third kappa shape index (κ3) is 2.46. The molecule has 0 saturated heterocycles. The van der Waals surface area contributed by atoms with Gasteiger partial charge in [-0.15, -0.1) is 0 Å². The Balaban J connectivity index is 1.97. The van der Waals surface area contributed by atoms with Crippen LogP contribution in [0.15, 0.2) is 72.8 Å². The molecule has 1 heterocycles. The first-order valence-electron chi connectivity index (χ1n) is 7.59. The van der Waals surface area contributed by atoms with Gasteiger partial charge in [0.1, 0.15) is 0 Å².